The van der Waals surface area contributed by atoms with E-state index in [2.05, 4.69) is 16.0 Å². The SMILES string of the molecule is C#CCNS(=O)(=O)c1ccc(C(=O)NCCOc2ccccc2)cc1. The van der Waals surface area contributed by atoms with Gasteiger partial charge >= 0.3 is 0 Å². The largest absolute Gasteiger partial charge is 0.492 e. The number of rotatable bonds is 8. The number of terminal acetylenes is 1. The Hall–Kier alpha value is -2.82. The van der Waals surface area contributed by atoms with Crippen LogP contribution in [0.4, 0.5) is 0 Å². The topological polar surface area (TPSA) is 84.5 Å². The van der Waals surface area contributed by atoms with Gasteiger partial charge in [-0.25, -0.2) is 8.42 Å². The number of amides is 1. The van der Waals surface area contributed by atoms with Crippen LogP contribution in [-0.2, 0) is 10.0 Å². The van der Waals surface area contributed by atoms with Gasteiger partial charge in [0.25, 0.3) is 5.91 Å². The van der Waals surface area contributed by atoms with Gasteiger partial charge in [-0.3, -0.25) is 4.79 Å². The number of carbonyl (C=O) groups is 1. The maximum absolute atomic E-state index is 12.0. The summed E-state index contributed by atoms with van der Waals surface area (Å²) in [5.74, 6) is 2.62. The molecule has 0 unspecified atom stereocenters. The average Bonchev–Trinajstić information content (AvgIpc) is 2.64. The van der Waals surface area contributed by atoms with Gasteiger partial charge in [-0.2, -0.15) is 4.72 Å². The highest BCUT2D eigenvalue weighted by Gasteiger charge is 2.13. The van der Waals surface area contributed by atoms with E-state index in [0.29, 0.717) is 18.7 Å². The second-order valence-corrected chi connectivity index (χ2v) is 6.74. The first-order valence-electron chi connectivity index (χ1n) is 7.52. The predicted molar refractivity (Wildman–Crippen MR) is 94.7 cm³/mol. The lowest BCUT2D eigenvalue weighted by Crippen LogP contribution is -2.28. The molecule has 0 heterocycles. The van der Waals surface area contributed by atoms with Crippen molar-refractivity contribution in [1.29, 1.82) is 0 Å². The lowest BCUT2D eigenvalue weighted by atomic mass is 10.2. The Morgan fingerprint density at radius 1 is 1.08 bits per heavy atom. The summed E-state index contributed by atoms with van der Waals surface area (Å²) in [6, 6.07) is 14.9. The summed E-state index contributed by atoms with van der Waals surface area (Å²) in [5.41, 5.74) is 0.357. The lowest BCUT2D eigenvalue weighted by molar-refractivity contribution is 0.0947. The average molecular weight is 358 g/mol. The summed E-state index contributed by atoms with van der Waals surface area (Å²) in [4.78, 5) is 12.1. The second-order valence-electron chi connectivity index (χ2n) is 4.97. The minimum atomic E-state index is -3.66. The van der Waals surface area contributed by atoms with E-state index in [0.717, 1.165) is 5.75 Å². The highest BCUT2D eigenvalue weighted by molar-refractivity contribution is 7.89. The molecular weight excluding hydrogens is 340 g/mol. The minimum absolute atomic E-state index is 0.0479. The van der Waals surface area contributed by atoms with Crippen molar-refractivity contribution in [3.63, 3.8) is 0 Å². The van der Waals surface area contributed by atoms with Gasteiger partial charge in [-0.15, -0.1) is 6.42 Å². The summed E-state index contributed by atoms with van der Waals surface area (Å²) in [6.07, 6.45) is 5.03. The molecule has 0 aromatic heterocycles. The van der Waals surface area contributed by atoms with E-state index in [1.165, 1.54) is 24.3 Å². The Bertz CT molecular complexity index is 841. The van der Waals surface area contributed by atoms with Crippen molar-refractivity contribution in [2.45, 2.75) is 4.90 Å². The van der Waals surface area contributed by atoms with E-state index in [4.69, 9.17) is 11.2 Å². The second kappa shape index (κ2) is 8.87. The van der Waals surface area contributed by atoms with Gasteiger partial charge in [0.15, 0.2) is 0 Å². The maximum atomic E-state index is 12.0. The molecule has 0 fully saturated rings. The molecule has 0 saturated carbocycles. The van der Waals surface area contributed by atoms with Crippen molar-refractivity contribution >= 4 is 15.9 Å². The first-order valence-corrected chi connectivity index (χ1v) is 9.00. The van der Waals surface area contributed by atoms with Gasteiger partial charge in [-0.1, -0.05) is 24.1 Å². The third kappa shape index (κ3) is 5.64. The van der Waals surface area contributed by atoms with Crippen molar-refractivity contribution < 1.29 is 17.9 Å². The maximum Gasteiger partial charge on any atom is 0.251 e. The summed E-state index contributed by atoms with van der Waals surface area (Å²) in [5, 5.41) is 2.71. The van der Waals surface area contributed by atoms with Gasteiger partial charge in [0.1, 0.15) is 12.4 Å². The molecule has 0 spiro atoms. The van der Waals surface area contributed by atoms with Gasteiger partial charge < -0.3 is 10.1 Å². The Morgan fingerprint density at radius 3 is 2.40 bits per heavy atom. The molecule has 6 nitrogen and oxygen atoms in total. The Kier molecular flexibility index (Phi) is 6.57. The molecule has 0 aliphatic heterocycles. The summed E-state index contributed by atoms with van der Waals surface area (Å²) in [6.45, 7) is 0.571. The van der Waals surface area contributed by atoms with Gasteiger partial charge in [0.05, 0.1) is 18.0 Å². The highest BCUT2D eigenvalue weighted by atomic mass is 32.2. The predicted octanol–water partition coefficient (Wildman–Crippen LogP) is 1.41. The van der Waals surface area contributed by atoms with Gasteiger partial charge in [-0.05, 0) is 36.4 Å². The zero-order valence-electron chi connectivity index (χ0n) is 13.4. The Balaban J connectivity index is 1.85. The lowest BCUT2D eigenvalue weighted by Gasteiger charge is -2.08. The molecule has 0 aliphatic carbocycles. The zero-order chi connectivity index (χ0) is 18.1. The Labute approximate surface area is 147 Å². The number of para-hydroxylation sites is 1. The van der Waals surface area contributed by atoms with Crippen LogP contribution in [0, 0.1) is 12.3 Å². The van der Waals surface area contributed by atoms with Crippen molar-refractivity contribution in [3.8, 4) is 18.1 Å². The van der Waals surface area contributed by atoms with Gasteiger partial charge in [0.2, 0.25) is 10.0 Å². The normalized spacial score (nSPS) is 10.7. The van der Waals surface area contributed by atoms with Crippen molar-refractivity contribution in [2.75, 3.05) is 19.7 Å². The summed E-state index contributed by atoms with van der Waals surface area (Å²) >= 11 is 0. The molecule has 2 aromatic rings. The third-order valence-electron chi connectivity index (χ3n) is 3.19. The molecule has 25 heavy (non-hydrogen) atoms. The van der Waals surface area contributed by atoms with Crippen molar-refractivity contribution in [1.82, 2.24) is 10.0 Å². The molecule has 0 aliphatic rings. The first-order chi connectivity index (χ1) is 12.0. The fourth-order valence-electron chi connectivity index (χ4n) is 1.96. The standard InChI is InChI=1S/C18H18N2O4S/c1-2-12-20-25(22,23)17-10-8-15(9-11-17)18(21)19-13-14-24-16-6-4-3-5-7-16/h1,3-11,20H,12-14H2,(H,19,21). The number of ether oxygens (including phenoxy) is 1. The van der Waals surface area contributed by atoms with E-state index < -0.39 is 10.0 Å². The first kappa shape index (κ1) is 18.5. The van der Waals surface area contributed by atoms with E-state index in [-0.39, 0.29) is 17.3 Å². The van der Waals surface area contributed by atoms with E-state index in [1.54, 1.807) is 0 Å². The van der Waals surface area contributed by atoms with Gasteiger partial charge in [0, 0.05) is 5.56 Å². The summed E-state index contributed by atoms with van der Waals surface area (Å²) in [7, 11) is -3.66. The molecule has 0 radical (unpaired) electrons. The molecule has 2 aromatic carbocycles. The van der Waals surface area contributed by atoms with E-state index >= 15 is 0 Å². The van der Waals surface area contributed by atoms with Crippen LogP contribution in [0.5, 0.6) is 5.75 Å². The quantitative estimate of drug-likeness (QED) is 0.552. The Morgan fingerprint density at radius 2 is 1.76 bits per heavy atom. The van der Waals surface area contributed by atoms with Crippen LogP contribution in [0.1, 0.15) is 10.4 Å². The van der Waals surface area contributed by atoms with Crippen molar-refractivity contribution in [2.24, 2.45) is 0 Å². The molecule has 0 bridgehead atoms. The highest BCUT2D eigenvalue weighted by Crippen LogP contribution is 2.10. The minimum Gasteiger partial charge on any atom is -0.492 e. The van der Waals surface area contributed by atoms with Crippen LogP contribution in [0.15, 0.2) is 59.5 Å². The fourth-order valence-corrected chi connectivity index (χ4v) is 2.89. The zero-order valence-corrected chi connectivity index (χ0v) is 14.3. The number of hydrogen-bond donors (Lipinski definition) is 2. The molecule has 0 saturated heterocycles. The number of nitrogens with one attached hydrogen (secondary N) is 2. The van der Waals surface area contributed by atoms with E-state index in [1.807, 2.05) is 30.3 Å². The smallest absolute Gasteiger partial charge is 0.251 e. The molecule has 1 amide bonds. The van der Waals surface area contributed by atoms with Crippen LogP contribution in [-0.4, -0.2) is 34.0 Å². The monoisotopic (exact) mass is 358 g/mol. The number of carbonyl (C=O) groups excluding carboxylic acids is 1. The van der Waals surface area contributed by atoms with Crippen LogP contribution >= 0.6 is 0 Å². The van der Waals surface area contributed by atoms with Crippen LogP contribution in [0.3, 0.4) is 0 Å². The third-order valence-corrected chi connectivity index (χ3v) is 4.61. The molecule has 7 heteroatoms. The van der Waals surface area contributed by atoms with Crippen molar-refractivity contribution in [3.05, 3.63) is 60.2 Å². The van der Waals surface area contributed by atoms with Crippen LogP contribution in [0.2, 0.25) is 0 Å². The number of benzene rings is 2. The fraction of sp³-hybridized carbons (Fsp3) is 0.167. The molecular formula is C18H18N2O4S. The van der Waals surface area contributed by atoms with Crippen LogP contribution in [0.25, 0.3) is 0 Å². The molecule has 2 N–H and O–H groups in total. The molecule has 2 rings (SSSR count). The summed E-state index contributed by atoms with van der Waals surface area (Å²) < 4.78 is 31.5. The molecule has 130 valence electrons. The molecule has 0 atom stereocenters. The van der Waals surface area contributed by atoms with E-state index in [9.17, 15) is 13.2 Å². The van der Waals surface area contributed by atoms with Crippen LogP contribution < -0.4 is 14.8 Å². The number of sulfonamides is 1. The number of hydrogen-bond acceptors (Lipinski definition) is 4.